The lowest BCUT2D eigenvalue weighted by Gasteiger charge is -2.30. The first-order valence-electron chi connectivity index (χ1n) is 7.33. The molecule has 2 aliphatic rings. The van der Waals surface area contributed by atoms with Crippen LogP contribution in [0.1, 0.15) is 39.5 Å². The number of likely N-dealkylation sites (tertiary alicyclic amines) is 1. The standard InChI is InChI=1S/C14H28N2O/c1-12-6-9-17-14(12)10-15-13(2)11-16-7-4-3-5-8-16/h12-15H,3-11H2,1-2H3. The first-order chi connectivity index (χ1) is 8.25. The summed E-state index contributed by atoms with van der Waals surface area (Å²) in [4.78, 5) is 2.60. The number of piperidine rings is 1. The summed E-state index contributed by atoms with van der Waals surface area (Å²) >= 11 is 0. The summed E-state index contributed by atoms with van der Waals surface area (Å²) in [5.74, 6) is 0.727. The molecule has 0 saturated carbocycles. The normalized spacial score (nSPS) is 32.8. The summed E-state index contributed by atoms with van der Waals surface area (Å²) < 4.78 is 5.73. The Kier molecular flexibility index (Phi) is 5.26. The van der Waals surface area contributed by atoms with Crippen LogP contribution in [0.2, 0.25) is 0 Å². The largest absolute Gasteiger partial charge is 0.377 e. The maximum atomic E-state index is 5.73. The molecule has 3 atom stereocenters. The summed E-state index contributed by atoms with van der Waals surface area (Å²) in [5.41, 5.74) is 0. The average molecular weight is 240 g/mol. The Morgan fingerprint density at radius 2 is 2.06 bits per heavy atom. The molecule has 0 aromatic carbocycles. The molecule has 2 rings (SSSR count). The second-order valence-corrected chi connectivity index (χ2v) is 5.85. The summed E-state index contributed by atoms with van der Waals surface area (Å²) in [5, 5.41) is 3.64. The van der Waals surface area contributed by atoms with Crippen LogP contribution in [0.3, 0.4) is 0 Å². The highest BCUT2D eigenvalue weighted by atomic mass is 16.5. The van der Waals surface area contributed by atoms with Crippen LogP contribution in [0.4, 0.5) is 0 Å². The number of nitrogens with zero attached hydrogens (tertiary/aromatic N) is 1. The van der Waals surface area contributed by atoms with E-state index >= 15 is 0 Å². The van der Waals surface area contributed by atoms with Gasteiger partial charge in [0, 0.05) is 25.7 Å². The third kappa shape index (κ3) is 4.23. The number of ether oxygens (including phenoxy) is 1. The van der Waals surface area contributed by atoms with Crippen molar-refractivity contribution in [2.75, 3.05) is 32.8 Å². The molecular weight excluding hydrogens is 212 g/mol. The third-order valence-corrected chi connectivity index (χ3v) is 4.19. The van der Waals surface area contributed by atoms with Gasteiger partial charge in [-0.05, 0) is 45.2 Å². The summed E-state index contributed by atoms with van der Waals surface area (Å²) in [6.07, 6.45) is 5.86. The van der Waals surface area contributed by atoms with E-state index in [9.17, 15) is 0 Å². The maximum absolute atomic E-state index is 5.73. The lowest BCUT2D eigenvalue weighted by Crippen LogP contribution is -2.44. The molecule has 100 valence electrons. The molecule has 0 radical (unpaired) electrons. The molecule has 2 saturated heterocycles. The van der Waals surface area contributed by atoms with E-state index in [1.165, 1.54) is 45.3 Å². The van der Waals surface area contributed by atoms with Gasteiger partial charge >= 0.3 is 0 Å². The van der Waals surface area contributed by atoms with E-state index in [0.29, 0.717) is 12.1 Å². The van der Waals surface area contributed by atoms with Gasteiger partial charge in [0.1, 0.15) is 0 Å². The number of hydrogen-bond acceptors (Lipinski definition) is 3. The quantitative estimate of drug-likeness (QED) is 0.794. The molecule has 2 aliphatic heterocycles. The fourth-order valence-corrected chi connectivity index (χ4v) is 2.93. The molecule has 0 amide bonds. The van der Waals surface area contributed by atoms with Crippen LogP contribution in [0.15, 0.2) is 0 Å². The van der Waals surface area contributed by atoms with Gasteiger partial charge in [-0.2, -0.15) is 0 Å². The van der Waals surface area contributed by atoms with E-state index in [0.717, 1.165) is 19.1 Å². The highest BCUT2D eigenvalue weighted by molar-refractivity contribution is 4.78. The van der Waals surface area contributed by atoms with Crippen LogP contribution < -0.4 is 5.32 Å². The van der Waals surface area contributed by atoms with Gasteiger partial charge in [-0.15, -0.1) is 0 Å². The van der Waals surface area contributed by atoms with Crippen LogP contribution in [0.5, 0.6) is 0 Å². The second kappa shape index (κ2) is 6.72. The fraction of sp³-hybridized carbons (Fsp3) is 1.00. The van der Waals surface area contributed by atoms with Crippen LogP contribution >= 0.6 is 0 Å². The number of nitrogens with one attached hydrogen (secondary N) is 1. The molecular formula is C14H28N2O. The average Bonchev–Trinajstić information content (AvgIpc) is 2.74. The van der Waals surface area contributed by atoms with Crippen molar-refractivity contribution >= 4 is 0 Å². The van der Waals surface area contributed by atoms with Crippen molar-refractivity contribution in [1.82, 2.24) is 10.2 Å². The van der Waals surface area contributed by atoms with Crippen molar-refractivity contribution in [3.63, 3.8) is 0 Å². The Hall–Kier alpha value is -0.120. The minimum atomic E-state index is 0.443. The van der Waals surface area contributed by atoms with Crippen LogP contribution in [-0.2, 0) is 4.74 Å². The number of hydrogen-bond donors (Lipinski definition) is 1. The molecule has 0 aromatic heterocycles. The zero-order valence-electron chi connectivity index (χ0n) is 11.5. The van der Waals surface area contributed by atoms with Gasteiger partial charge < -0.3 is 15.0 Å². The molecule has 2 heterocycles. The monoisotopic (exact) mass is 240 g/mol. The third-order valence-electron chi connectivity index (χ3n) is 4.19. The zero-order chi connectivity index (χ0) is 12.1. The Morgan fingerprint density at radius 1 is 1.29 bits per heavy atom. The molecule has 0 aliphatic carbocycles. The van der Waals surface area contributed by atoms with E-state index in [1.54, 1.807) is 0 Å². The van der Waals surface area contributed by atoms with Gasteiger partial charge in [0.05, 0.1) is 6.10 Å². The van der Waals surface area contributed by atoms with Gasteiger partial charge in [0.15, 0.2) is 0 Å². The fourth-order valence-electron chi connectivity index (χ4n) is 2.93. The Bertz CT molecular complexity index is 216. The molecule has 0 spiro atoms. The SMILES string of the molecule is CC(CN1CCCCC1)NCC1OCCC1C. The van der Waals surface area contributed by atoms with E-state index in [1.807, 2.05) is 0 Å². The van der Waals surface area contributed by atoms with E-state index in [-0.39, 0.29) is 0 Å². The van der Waals surface area contributed by atoms with Crippen molar-refractivity contribution in [2.24, 2.45) is 5.92 Å². The van der Waals surface area contributed by atoms with Gasteiger partial charge in [-0.25, -0.2) is 0 Å². The molecule has 1 N–H and O–H groups in total. The lowest BCUT2D eigenvalue weighted by molar-refractivity contribution is 0.0889. The van der Waals surface area contributed by atoms with Gasteiger partial charge in [0.25, 0.3) is 0 Å². The highest BCUT2D eigenvalue weighted by Crippen LogP contribution is 2.19. The van der Waals surface area contributed by atoms with Crippen LogP contribution in [-0.4, -0.2) is 49.8 Å². The molecule has 3 heteroatoms. The maximum Gasteiger partial charge on any atom is 0.0725 e. The molecule has 3 unspecified atom stereocenters. The van der Waals surface area contributed by atoms with E-state index < -0.39 is 0 Å². The van der Waals surface area contributed by atoms with Gasteiger partial charge in [0.2, 0.25) is 0 Å². The van der Waals surface area contributed by atoms with Crippen LogP contribution in [0.25, 0.3) is 0 Å². The van der Waals surface area contributed by atoms with Crippen molar-refractivity contribution in [3.05, 3.63) is 0 Å². The summed E-state index contributed by atoms with van der Waals surface area (Å²) in [7, 11) is 0. The van der Waals surface area contributed by atoms with Crippen molar-refractivity contribution < 1.29 is 4.74 Å². The molecule has 0 bridgehead atoms. The number of rotatable bonds is 5. The van der Waals surface area contributed by atoms with Crippen molar-refractivity contribution in [2.45, 2.75) is 51.7 Å². The Balaban J connectivity index is 1.61. The predicted octanol–water partition coefficient (Wildman–Crippen LogP) is 1.88. The molecule has 0 aromatic rings. The van der Waals surface area contributed by atoms with E-state index in [2.05, 4.69) is 24.1 Å². The minimum absolute atomic E-state index is 0.443. The minimum Gasteiger partial charge on any atom is -0.377 e. The van der Waals surface area contributed by atoms with E-state index in [4.69, 9.17) is 4.74 Å². The topological polar surface area (TPSA) is 24.5 Å². The smallest absolute Gasteiger partial charge is 0.0725 e. The molecule has 3 nitrogen and oxygen atoms in total. The Labute approximate surface area is 106 Å². The first kappa shape index (κ1) is 13.3. The first-order valence-corrected chi connectivity index (χ1v) is 7.33. The summed E-state index contributed by atoms with van der Waals surface area (Å²) in [6.45, 7) is 10.4. The highest BCUT2D eigenvalue weighted by Gasteiger charge is 2.24. The second-order valence-electron chi connectivity index (χ2n) is 5.85. The van der Waals surface area contributed by atoms with Crippen molar-refractivity contribution in [1.29, 1.82) is 0 Å². The molecule has 2 fully saturated rings. The van der Waals surface area contributed by atoms with Gasteiger partial charge in [-0.1, -0.05) is 13.3 Å². The Morgan fingerprint density at radius 3 is 2.71 bits per heavy atom. The van der Waals surface area contributed by atoms with Crippen LogP contribution in [0, 0.1) is 5.92 Å². The zero-order valence-corrected chi connectivity index (χ0v) is 11.5. The lowest BCUT2D eigenvalue weighted by atomic mass is 10.0. The van der Waals surface area contributed by atoms with Crippen molar-refractivity contribution in [3.8, 4) is 0 Å². The molecule has 17 heavy (non-hydrogen) atoms. The van der Waals surface area contributed by atoms with Gasteiger partial charge in [-0.3, -0.25) is 0 Å². The predicted molar refractivity (Wildman–Crippen MR) is 71.3 cm³/mol. The summed E-state index contributed by atoms with van der Waals surface area (Å²) in [6, 6.07) is 0.587.